The predicted octanol–water partition coefficient (Wildman–Crippen LogP) is 4.48. The molecule has 1 atom stereocenters. The van der Waals surface area contributed by atoms with Gasteiger partial charge in [0.25, 0.3) is 0 Å². The normalized spacial score (nSPS) is 20.1. The van der Waals surface area contributed by atoms with Crippen LogP contribution in [0.3, 0.4) is 0 Å². The van der Waals surface area contributed by atoms with E-state index in [1.165, 1.54) is 6.07 Å². The highest BCUT2D eigenvalue weighted by atomic mass is 35.5. The molecule has 2 heterocycles. The van der Waals surface area contributed by atoms with Crippen LogP contribution in [0.4, 0.5) is 4.39 Å². The van der Waals surface area contributed by atoms with Gasteiger partial charge in [-0.25, -0.2) is 4.39 Å². The summed E-state index contributed by atoms with van der Waals surface area (Å²) in [5.41, 5.74) is 0.864. The Kier molecular flexibility index (Phi) is 6.71. The molecule has 0 bridgehead atoms. The molecule has 4 rings (SSSR count). The molecule has 2 aliphatic heterocycles. The molecule has 2 aliphatic rings. The molecule has 0 radical (unpaired) electrons. The van der Waals surface area contributed by atoms with E-state index < -0.39 is 5.41 Å². The molecule has 2 aromatic rings. The minimum Gasteiger partial charge on any atom is -0.381 e. The van der Waals surface area contributed by atoms with E-state index in [9.17, 15) is 9.18 Å². The lowest BCUT2D eigenvalue weighted by Gasteiger charge is -2.37. The fraction of sp³-hybridized carbons (Fsp3) is 0.458. The number of benzene rings is 2. The van der Waals surface area contributed by atoms with E-state index in [-0.39, 0.29) is 17.8 Å². The molecule has 1 amide bonds. The van der Waals surface area contributed by atoms with Crippen molar-refractivity contribution in [2.24, 2.45) is 0 Å². The van der Waals surface area contributed by atoms with E-state index in [1.807, 2.05) is 30.3 Å². The first-order chi connectivity index (χ1) is 14.6. The van der Waals surface area contributed by atoms with Crippen molar-refractivity contribution in [3.8, 4) is 0 Å². The summed E-state index contributed by atoms with van der Waals surface area (Å²) in [6.07, 6.45) is 3.42. The van der Waals surface area contributed by atoms with Gasteiger partial charge < -0.3 is 10.1 Å². The zero-order valence-corrected chi connectivity index (χ0v) is 17.8. The lowest BCUT2D eigenvalue weighted by atomic mass is 9.73. The van der Waals surface area contributed by atoms with Crippen molar-refractivity contribution in [3.05, 3.63) is 70.5 Å². The second-order valence-electron chi connectivity index (χ2n) is 8.16. The topological polar surface area (TPSA) is 41.6 Å². The molecule has 0 aliphatic carbocycles. The van der Waals surface area contributed by atoms with Crippen molar-refractivity contribution >= 4 is 17.5 Å². The highest BCUT2D eigenvalue weighted by molar-refractivity contribution is 6.31. The molecule has 6 heteroatoms. The van der Waals surface area contributed by atoms with Gasteiger partial charge in [-0.05, 0) is 56.5 Å². The van der Waals surface area contributed by atoms with Crippen LogP contribution in [-0.2, 0) is 14.9 Å². The molecule has 2 fully saturated rings. The Labute approximate surface area is 182 Å². The summed E-state index contributed by atoms with van der Waals surface area (Å²) >= 11 is 6.39. The van der Waals surface area contributed by atoms with Crippen molar-refractivity contribution in [2.45, 2.75) is 37.1 Å². The molecule has 0 spiro atoms. The van der Waals surface area contributed by atoms with Gasteiger partial charge in [0.15, 0.2) is 0 Å². The quantitative estimate of drug-likeness (QED) is 0.734. The highest BCUT2D eigenvalue weighted by Gasteiger charge is 2.42. The van der Waals surface area contributed by atoms with Crippen LogP contribution in [0.15, 0.2) is 48.5 Å². The van der Waals surface area contributed by atoms with Crippen LogP contribution < -0.4 is 5.32 Å². The number of ether oxygens (including phenoxy) is 1. The second kappa shape index (κ2) is 9.46. The zero-order valence-electron chi connectivity index (χ0n) is 17.1. The van der Waals surface area contributed by atoms with E-state index in [1.54, 1.807) is 12.1 Å². The zero-order chi connectivity index (χ0) is 21.0. The van der Waals surface area contributed by atoms with Crippen molar-refractivity contribution in [3.63, 3.8) is 0 Å². The number of hydrogen-bond donors (Lipinski definition) is 1. The average molecular weight is 431 g/mol. The number of nitrogens with one attached hydrogen (secondary N) is 1. The van der Waals surface area contributed by atoms with Crippen molar-refractivity contribution in [1.29, 1.82) is 0 Å². The summed E-state index contributed by atoms with van der Waals surface area (Å²) in [4.78, 5) is 15.8. The molecule has 160 valence electrons. The van der Waals surface area contributed by atoms with Crippen LogP contribution in [-0.4, -0.2) is 43.7 Å². The van der Waals surface area contributed by atoms with Crippen LogP contribution in [0.1, 0.15) is 42.9 Å². The Balaban J connectivity index is 1.58. The monoisotopic (exact) mass is 430 g/mol. The van der Waals surface area contributed by atoms with E-state index >= 15 is 0 Å². The summed E-state index contributed by atoms with van der Waals surface area (Å²) < 4.78 is 20.3. The minimum atomic E-state index is -0.617. The van der Waals surface area contributed by atoms with Crippen molar-refractivity contribution in [2.75, 3.05) is 32.8 Å². The number of hydrogen-bond acceptors (Lipinski definition) is 3. The second-order valence-corrected chi connectivity index (χ2v) is 8.57. The molecule has 0 aromatic heterocycles. The van der Waals surface area contributed by atoms with Gasteiger partial charge in [-0.1, -0.05) is 48.0 Å². The summed E-state index contributed by atoms with van der Waals surface area (Å²) in [7, 11) is 0. The number of halogens is 2. The Bertz CT molecular complexity index is 845. The number of likely N-dealkylation sites (tertiary alicyclic amines) is 1. The van der Waals surface area contributed by atoms with E-state index in [0.29, 0.717) is 43.2 Å². The number of amides is 1. The minimum absolute atomic E-state index is 0.0198. The number of nitrogens with zero attached hydrogens (tertiary/aromatic N) is 1. The standard InChI is InChI=1S/C24H28ClFN2O2/c25-19-9-6-10-20(26)22(19)21(28-13-4-5-14-28)17-27-23(29)24(11-15-30-16-12-24)18-7-2-1-3-8-18/h1-3,6-10,21H,4-5,11-17H2,(H,27,29). The van der Waals surface area contributed by atoms with E-state index in [2.05, 4.69) is 10.2 Å². The molecule has 0 saturated carbocycles. The summed E-state index contributed by atoms with van der Waals surface area (Å²) in [6, 6.07) is 14.4. The van der Waals surface area contributed by atoms with Crippen LogP contribution in [0, 0.1) is 5.82 Å². The molecule has 2 saturated heterocycles. The summed E-state index contributed by atoms with van der Waals surface area (Å²) in [5, 5.41) is 3.57. The smallest absolute Gasteiger partial charge is 0.230 e. The van der Waals surface area contributed by atoms with Gasteiger partial charge in [-0.2, -0.15) is 0 Å². The SMILES string of the molecule is O=C(NCC(c1c(F)cccc1Cl)N1CCCC1)C1(c2ccccc2)CCOCC1. The molecule has 1 N–H and O–H groups in total. The molecule has 1 unspecified atom stereocenters. The maximum Gasteiger partial charge on any atom is 0.230 e. The molecular weight excluding hydrogens is 403 g/mol. The Morgan fingerprint density at radius 3 is 2.47 bits per heavy atom. The van der Waals surface area contributed by atoms with Gasteiger partial charge in [-0.3, -0.25) is 9.69 Å². The first kappa shape index (κ1) is 21.3. The van der Waals surface area contributed by atoms with Gasteiger partial charge in [0, 0.05) is 30.3 Å². The van der Waals surface area contributed by atoms with Crippen LogP contribution in [0.5, 0.6) is 0 Å². The van der Waals surface area contributed by atoms with Crippen LogP contribution >= 0.6 is 11.6 Å². The summed E-state index contributed by atoms with van der Waals surface area (Å²) in [6.45, 7) is 3.19. The van der Waals surface area contributed by atoms with Crippen molar-refractivity contribution < 1.29 is 13.9 Å². The van der Waals surface area contributed by atoms with Crippen LogP contribution in [0.25, 0.3) is 0 Å². The molecule has 2 aromatic carbocycles. The maximum atomic E-state index is 14.7. The average Bonchev–Trinajstić information content (AvgIpc) is 3.31. The third kappa shape index (κ3) is 4.25. The third-order valence-corrected chi connectivity index (χ3v) is 6.81. The lowest BCUT2D eigenvalue weighted by molar-refractivity contribution is -0.130. The third-order valence-electron chi connectivity index (χ3n) is 6.48. The van der Waals surface area contributed by atoms with Gasteiger partial charge >= 0.3 is 0 Å². The van der Waals surface area contributed by atoms with Crippen molar-refractivity contribution in [1.82, 2.24) is 10.2 Å². The summed E-state index contributed by atoms with van der Waals surface area (Å²) in [5.74, 6) is -0.342. The van der Waals surface area contributed by atoms with E-state index in [0.717, 1.165) is 31.5 Å². The van der Waals surface area contributed by atoms with Gasteiger partial charge in [0.1, 0.15) is 5.82 Å². The Morgan fingerprint density at radius 2 is 1.80 bits per heavy atom. The number of carbonyl (C=O) groups excluding carboxylic acids is 1. The molecule has 4 nitrogen and oxygen atoms in total. The molecular formula is C24H28ClFN2O2. The fourth-order valence-electron chi connectivity index (χ4n) is 4.78. The number of carbonyl (C=O) groups is 1. The largest absolute Gasteiger partial charge is 0.381 e. The first-order valence-electron chi connectivity index (χ1n) is 10.7. The van der Waals surface area contributed by atoms with Crippen LogP contribution in [0.2, 0.25) is 5.02 Å². The first-order valence-corrected chi connectivity index (χ1v) is 11.1. The van der Waals surface area contributed by atoms with Gasteiger partial charge in [0.2, 0.25) is 5.91 Å². The lowest BCUT2D eigenvalue weighted by Crippen LogP contribution is -2.50. The fourth-order valence-corrected chi connectivity index (χ4v) is 5.07. The van der Waals surface area contributed by atoms with E-state index in [4.69, 9.17) is 16.3 Å². The van der Waals surface area contributed by atoms with Gasteiger partial charge in [0.05, 0.1) is 11.5 Å². The predicted molar refractivity (Wildman–Crippen MR) is 116 cm³/mol. The highest BCUT2D eigenvalue weighted by Crippen LogP contribution is 2.36. The van der Waals surface area contributed by atoms with Gasteiger partial charge in [-0.15, -0.1) is 0 Å². The Morgan fingerprint density at radius 1 is 1.10 bits per heavy atom. The maximum absolute atomic E-state index is 14.7. The Hall–Kier alpha value is -1.95. The number of rotatable bonds is 6. The molecule has 30 heavy (non-hydrogen) atoms.